The summed E-state index contributed by atoms with van der Waals surface area (Å²) in [5, 5.41) is 0. The van der Waals surface area contributed by atoms with E-state index in [1.54, 1.807) is 11.7 Å². The van der Waals surface area contributed by atoms with Gasteiger partial charge in [0.1, 0.15) is 10.7 Å². The van der Waals surface area contributed by atoms with E-state index >= 15 is 0 Å². The molecule has 1 fully saturated rings. The summed E-state index contributed by atoms with van der Waals surface area (Å²) in [6.45, 7) is 5.33. The zero-order valence-electron chi connectivity index (χ0n) is 12.2. The Morgan fingerprint density at radius 1 is 1.38 bits per heavy atom. The van der Waals surface area contributed by atoms with E-state index in [-0.39, 0.29) is 5.91 Å². The van der Waals surface area contributed by atoms with Crippen LogP contribution in [0.5, 0.6) is 0 Å². The molecule has 6 heteroatoms. The third-order valence-corrected chi connectivity index (χ3v) is 4.78. The number of likely N-dealkylation sites (tertiary alicyclic amines) is 1. The van der Waals surface area contributed by atoms with Gasteiger partial charge in [-0.3, -0.25) is 4.79 Å². The predicted molar refractivity (Wildman–Crippen MR) is 81.5 cm³/mol. The van der Waals surface area contributed by atoms with Crippen LogP contribution in [0, 0.1) is 13.8 Å². The summed E-state index contributed by atoms with van der Waals surface area (Å²) >= 11 is 1.42. The molecule has 21 heavy (non-hydrogen) atoms. The number of amides is 1. The first kappa shape index (κ1) is 14.1. The van der Waals surface area contributed by atoms with Crippen LogP contribution in [-0.2, 0) is 0 Å². The minimum absolute atomic E-state index is 0.102. The molecule has 1 atom stereocenters. The molecule has 0 aliphatic carbocycles. The molecule has 1 saturated heterocycles. The van der Waals surface area contributed by atoms with Gasteiger partial charge in [0, 0.05) is 30.9 Å². The van der Waals surface area contributed by atoms with Crippen molar-refractivity contribution < 1.29 is 4.79 Å². The highest BCUT2D eigenvalue weighted by Crippen LogP contribution is 2.27. The van der Waals surface area contributed by atoms with Gasteiger partial charge in [-0.1, -0.05) is 0 Å². The molecule has 0 aromatic carbocycles. The molecule has 1 amide bonds. The Bertz CT molecular complexity index is 655. The van der Waals surface area contributed by atoms with Gasteiger partial charge >= 0.3 is 0 Å². The van der Waals surface area contributed by atoms with Crippen LogP contribution in [0.3, 0.4) is 0 Å². The number of aromatic nitrogens is 3. The zero-order chi connectivity index (χ0) is 14.8. The number of nitrogens with zero attached hydrogens (tertiary/aromatic N) is 4. The highest BCUT2D eigenvalue weighted by molar-refractivity contribution is 7.11. The topological polar surface area (TPSA) is 59.0 Å². The summed E-state index contributed by atoms with van der Waals surface area (Å²) in [6.07, 6.45) is 3.88. The van der Waals surface area contributed by atoms with E-state index in [9.17, 15) is 4.79 Å². The van der Waals surface area contributed by atoms with Crippen molar-refractivity contribution in [1.82, 2.24) is 19.9 Å². The van der Waals surface area contributed by atoms with Crippen LogP contribution in [0.25, 0.3) is 0 Å². The second-order valence-electron chi connectivity index (χ2n) is 5.39. The third kappa shape index (κ3) is 2.95. The van der Waals surface area contributed by atoms with E-state index in [2.05, 4.69) is 15.0 Å². The summed E-state index contributed by atoms with van der Waals surface area (Å²) in [5.41, 5.74) is 3.60. The Morgan fingerprint density at radius 2 is 2.24 bits per heavy atom. The number of rotatable bonds is 2. The van der Waals surface area contributed by atoms with Gasteiger partial charge in [-0.25, -0.2) is 15.0 Å². The van der Waals surface area contributed by atoms with E-state index in [0.717, 1.165) is 48.0 Å². The smallest absolute Gasteiger partial charge is 0.265 e. The fourth-order valence-corrected chi connectivity index (χ4v) is 3.53. The van der Waals surface area contributed by atoms with Crippen molar-refractivity contribution in [1.29, 1.82) is 0 Å². The summed E-state index contributed by atoms with van der Waals surface area (Å²) in [4.78, 5) is 28.1. The average molecular weight is 302 g/mol. The monoisotopic (exact) mass is 302 g/mol. The van der Waals surface area contributed by atoms with E-state index < -0.39 is 0 Å². The number of hydrogen-bond acceptors (Lipinski definition) is 5. The Morgan fingerprint density at radius 3 is 2.95 bits per heavy atom. The number of aryl methyl sites for hydroxylation is 2. The second-order valence-corrected chi connectivity index (χ2v) is 6.24. The number of piperidine rings is 1. The van der Waals surface area contributed by atoms with Gasteiger partial charge < -0.3 is 4.90 Å². The lowest BCUT2D eigenvalue weighted by molar-refractivity contribution is 0.0710. The molecule has 0 N–H and O–H groups in total. The van der Waals surface area contributed by atoms with Crippen LogP contribution >= 0.6 is 11.3 Å². The van der Waals surface area contributed by atoms with E-state index in [1.165, 1.54) is 11.3 Å². The molecule has 3 rings (SSSR count). The van der Waals surface area contributed by atoms with Crippen molar-refractivity contribution in [3.8, 4) is 0 Å². The van der Waals surface area contributed by atoms with Crippen LogP contribution < -0.4 is 0 Å². The van der Waals surface area contributed by atoms with Crippen LogP contribution in [0.15, 0.2) is 17.8 Å². The van der Waals surface area contributed by atoms with Crippen molar-refractivity contribution in [2.24, 2.45) is 0 Å². The molecule has 2 aromatic rings. The minimum atomic E-state index is 0.102. The van der Waals surface area contributed by atoms with Gasteiger partial charge in [-0.05, 0) is 32.8 Å². The Hall–Kier alpha value is -1.82. The largest absolute Gasteiger partial charge is 0.337 e. The van der Waals surface area contributed by atoms with E-state index in [4.69, 9.17) is 0 Å². The normalized spacial score (nSPS) is 18.8. The van der Waals surface area contributed by atoms with Crippen LogP contribution in [0.4, 0.5) is 0 Å². The van der Waals surface area contributed by atoms with Crippen LogP contribution in [0.1, 0.15) is 45.6 Å². The van der Waals surface area contributed by atoms with Gasteiger partial charge in [0.05, 0.1) is 11.2 Å². The van der Waals surface area contributed by atoms with Gasteiger partial charge in [0.25, 0.3) is 5.91 Å². The molecule has 110 valence electrons. The summed E-state index contributed by atoms with van der Waals surface area (Å²) in [5.74, 6) is 1.19. The number of thiazole rings is 1. The Balaban J connectivity index is 1.77. The SMILES string of the molecule is Cc1nccc(C2CCCN(C(=O)c3scnc3C)C2)n1. The molecule has 2 aromatic heterocycles. The zero-order valence-corrected chi connectivity index (χ0v) is 13.1. The van der Waals surface area contributed by atoms with Crippen LogP contribution in [0.2, 0.25) is 0 Å². The first-order chi connectivity index (χ1) is 10.1. The lowest BCUT2D eigenvalue weighted by atomic mass is 9.94. The number of hydrogen-bond donors (Lipinski definition) is 0. The Labute approximate surface area is 128 Å². The number of carbonyl (C=O) groups is 1. The van der Waals surface area contributed by atoms with Crippen molar-refractivity contribution in [2.75, 3.05) is 13.1 Å². The molecule has 5 nitrogen and oxygen atoms in total. The van der Waals surface area contributed by atoms with Crippen molar-refractivity contribution in [3.05, 3.63) is 39.9 Å². The van der Waals surface area contributed by atoms with Crippen molar-refractivity contribution in [2.45, 2.75) is 32.6 Å². The maximum absolute atomic E-state index is 12.6. The molecular weight excluding hydrogens is 284 g/mol. The molecule has 0 spiro atoms. The maximum atomic E-state index is 12.6. The third-order valence-electron chi connectivity index (χ3n) is 3.86. The van der Waals surface area contributed by atoms with Crippen LogP contribution in [-0.4, -0.2) is 38.8 Å². The average Bonchev–Trinajstić information content (AvgIpc) is 2.93. The van der Waals surface area contributed by atoms with E-state index in [0.29, 0.717) is 5.92 Å². The first-order valence-corrected chi connectivity index (χ1v) is 8.02. The van der Waals surface area contributed by atoms with Crippen molar-refractivity contribution >= 4 is 17.2 Å². The lowest BCUT2D eigenvalue weighted by Crippen LogP contribution is -2.39. The quantitative estimate of drug-likeness (QED) is 0.855. The van der Waals surface area contributed by atoms with Gasteiger partial charge in [-0.2, -0.15) is 0 Å². The fraction of sp³-hybridized carbons (Fsp3) is 0.467. The Kier molecular flexibility index (Phi) is 3.96. The molecule has 0 bridgehead atoms. The molecule has 3 heterocycles. The summed E-state index contributed by atoms with van der Waals surface area (Å²) in [6, 6.07) is 1.96. The first-order valence-electron chi connectivity index (χ1n) is 7.14. The van der Waals surface area contributed by atoms with Gasteiger partial charge in [0.15, 0.2) is 0 Å². The molecule has 1 aliphatic heterocycles. The molecule has 0 radical (unpaired) electrons. The summed E-state index contributed by atoms with van der Waals surface area (Å²) in [7, 11) is 0. The summed E-state index contributed by atoms with van der Waals surface area (Å²) < 4.78 is 0. The van der Waals surface area contributed by atoms with Gasteiger partial charge in [-0.15, -0.1) is 11.3 Å². The molecule has 1 unspecified atom stereocenters. The molecular formula is C15H18N4OS. The molecule has 1 aliphatic rings. The minimum Gasteiger partial charge on any atom is -0.337 e. The van der Waals surface area contributed by atoms with Gasteiger partial charge in [0.2, 0.25) is 0 Å². The second kappa shape index (κ2) is 5.89. The fourth-order valence-electron chi connectivity index (χ4n) is 2.76. The molecule has 0 saturated carbocycles. The lowest BCUT2D eigenvalue weighted by Gasteiger charge is -2.32. The van der Waals surface area contributed by atoms with Crippen molar-refractivity contribution in [3.63, 3.8) is 0 Å². The predicted octanol–water partition coefficient (Wildman–Crippen LogP) is 2.57. The maximum Gasteiger partial charge on any atom is 0.265 e. The standard InChI is InChI=1S/C15H18N4OS/c1-10-14(21-9-17-10)15(20)19-7-3-4-12(8-19)13-5-6-16-11(2)18-13/h5-6,9,12H,3-4,7-8H2,1-2H3. The highest BCUT2D eigenvalue weighted by atomic mass is 32.1. The number of carbonyl (C=O) groups excluding carboxylic acids is 1. The highest BCUT2D eigenvalue weighted by Gasteiger charge is 2.27. The van der Waals surface area contributed by atoms with E-state index in [1.807, 2.05) is 24.8 Å².